The van der Waals surface area contributed by atoms with Crippen LogP contribution in [-0.2, 0) is 0 Å². The first-order chi connectivity index (χ1) is 16.5. The molecular weight excluding hydrogens is 436 g/mol. The van der Waals surface area contributed by atoms with Crippen LogP contribution in [-0.4, -0.2) is 31.3 Å². The Morgan fingerprint density at radius 3 is 1.68 bits per heavy atom. The molecule has 0 unspecified atom stereocenters. The van der Waals surface area contributed by atoms with Crippen LogP contribution in [0.25, 0.3) is 11.4 Å². The highest BCUT2D eigenvalue weighted by atomic mass is 28.3. The molecule has 0 aliphatic heterocycles. The lowest BCUT2D eigenvalue weighted by Gasteiger charge is -2.14. The molecule has 0 saturated heterocycles. The highest BCUT2D eigenvalue weighted by Gasteiger charge is 2.11. The maximum absolute atomic E-state index is 5.92. The average molecular weight is 485 g/mol. The number of benzene rings is 1. The Balaban J connectivity index is 1.54. The first-order valence-corrected chi connectivity index (χ1v) is 17.4. The summed E-state index contributed by atoms with van der Waals surface area (Å²) in [4.78, 5) is 8.91. The third-order valence-corrected chi connectivity index (χ3v) is 7.95. The van der Waals surface area contributed by atoms with Crippen molar-refractivity contribution in [2.45, 2.75) is 110 Å². The number of hydrogen-bond donors (Lipinski definition) is 0. The highest BCUT2D eigenvalue weighted by molar-refractivity contribution is 6.76. The predicted molar refractivity (Wildman–Crippen MR) is 148 cm³/mol. The molecule has 34 heavy (non-hydrogen) atoms. The van der Waals surface area contributed by atoms with Gasteiger partial charge in [-0.05, 0) is 37.1 Å². The number of rotatable bonds is 19. The van der Waals surface area contributed by atoms with Crippen LogP contribution in [0.5, 0.6) is 11.5 Å². The molecular formula is C29H48N2O2Si. The molecule has 0 saturated carbocycles. The molecule has 0 bridgehead atoms. The van der Waals surface area contributed by atoms with Crippen LogP contribution in [0.4, 0.5) is 0 Å². The summed E-state index contributed by atoms with van der Waals surface area (Å²) in [5.41, 5.74) is 0.992. The van der Waals surface area contributed by atoms with E-state index in [0.717, 1.165) is 43.1 Å². The monoisotopic (exact) mass is 484 g/mol. The van der Waals surface area contributed by atoms with Gasteiger partial charge in [-0.15, -0.1) is 0 Å². The Kier molecular flexibility index (Phi) is 13.9. The van der Waals surface area contributed by atoms with Crippen molar-refractivity contribution in [1.29, 1.82) is 0 Å². The number of nitrogens with zero attached hydrogens (tertiary/aromatic N) is 2. The predicted octanol–water partition coefficient (Wildman–Crippen LogP) is 8.94. The summed E-state index contributed by atoms with van der Waals surface area (Å²) >= 11 is 0. The van der Waals surface area contributed by atoms with Crippen molar-refractivity contribution in [3.63, 3.8) is 0 Å². The van der Waals surface area contributed by atoms with Gasteiger partial charge in [0.15, 0.2) is 11.6 Å². The van der Waals surface area contributed by atoms with Gasteiger partial charge < -0.3 is 9.47 Å². The summed E-state index contributed by atoms with van der Waals surface area (Å²) < 4.78 is 11.7. The summed E-state index contributed by atoms with van der Waals surface area (Å²) in [7, 11) is -0.831. The molecule has 0 aliphatic carbocycles. The van der Waals surface area contributed by atoms with Crippen molar-refractivity contribution in [1.82, 2.24) is 9.97 Å². The van der Waals surface area contributed by atoms with E-state index in [9.17, 15) is 0 Å². The largest absolute Gasteiger partial charge is 0.494 e. The summed E-state index contributed by atoms with van der Waals surface area (Å²) in [6, 6.07) is 9.56. The minimum absolute atomic E-state index is 0.713. The van der Waals surface area contributed by atoms with Crippen molar-refractivity contribution < 1.29 is 9.47 Å². The average Bonchev–Trinajstić information content (AvgIpc) is 2.82. The van der Waals surface area contributed by atoms with E-state index >= 15 is 0 Å². The lowest BCUT2D eigenvalue weighted by Crippen LogP contribution is -2.18. The minimum atomic E-state index is -0.831. The van der Waals surface area contributed by atoms with E-state index in [1.54, 1.807) is 12.4 Å². The van der Waals surface area contributed by atoms with E-state index in [4.69, 9.17) is 9.47 Å². The van der Waals surface area contributed by atoms with E-state index < -0.39 is 8.07 Å². The van der Waals surface area contributed by atoms with Gasteiger partial charge in [-0.25, -0.2) is 9.97 Å². The molecule has 0 fully saturated rings. The minimum Gasteiger partial charge on any atom is -0.494 e. The lowest BCUT2D eigenvalue weighted by molar-refractivity contribution is 0.302. The van der Waals surface area contributed by atoms with E-state index in [-0.39, 0.29) is 0 Å². The topological polar surface area (TPSA) is 44.2 Å². The summed E-state index contributed by atoms with van der Waals surface area (Å²) in [6.07, 6.45) is 19.1. The summed E-state index contributed by atoms with van der Waals surface area (Å²) in [6.45, 7) is 11.2. The van der Waals surface area contributed by atoms with Gasteiger partial charge in [0.2, 0.25) is 0 Å². The van der Waals surface area contributed by atoms with Crippen molar-refractivity contribution in [2.75, 3.05) is 13.2 Å². The van der Waals surface area contributed by atoms with Crippen LogP contribution in [0.2, 0.25) is 25.7 Å². The molecule has 1 aromatic heterocycles. The Morgan fingerprint density at radius 1 is 0.618 bits per heavy atom. The normalized spacial score (nSPS) is 11.5. The second-order valence-corrected chi connectivity index (χ2v) is 16.3. The Bertz CT molecular complexity index is 757. The van der Waals surface area contributed by atoms with E-state index in [1.165, 1.54) is 70.3 Å². The number of hydrogen-bond acceptors (Lipinski definition) is 4. The molecule has 0 spiro atoms. The van der Waals surface area contributed by atoms with E-state index in [2.05, 4.69) is 36.5 Å². The van der Waals surface area contributed by atoms with Gasteiger partial charge in [0.05, 0.1) is 25.6 Å². The molecule has 190 valence electrons. The zero-order valence-corrected chi connectivity index (χ0v) is 23.3. The molecule has 0 N–H and O–H groups in total. The Labute approximate surface area is 209 Å². The van der Waals surface area contributed by atoms with E-state index in [1.807, 2.05) is 24.3 Å². The zero-order chi connectivity index (χ0) is 24.5. The molecule has 0 radical (unpaired) electrons. The maximum atomic E-state index is 5.92. The fourth-order valence-corrected chi connectivity index (χ4v) is 5.28. The SMILES string of the molecule is CCCCCCOc1cnc(-c2ccc(OCCCCCCCCCC[Si](C)(C)C)cc2)nc1. The van der Waals surface area contributed by atoms with Gasteiger partial charge in [-0.1, -0.05) is 96.8 Å². The van der Waals surface area contributed by atoms with Crippen LogP contribution in [0, 0.1) is 0 Å². The van der Waals surface area contributed by atoms with E-state index in [0.29, 0.717) is 5.82 Å². The fraction of sp³-hybridized carbons (Fsp3) is 0.655. The van der Waals surface area contributed by atoms with Gasteiger partial charge in [0.25, 0.3) is 0 Å². The Hall–Kier alpha value is -1.88. The molecule has 0 atom stereocenters. The standard InChI is InChI=1S/C29H48N2O2Si/c1-5-6-7-14-22-33-28-24-30-29(31-25-28)26-17-19-27(20-18-26)32-21-15-12-10-8-9-11-13-16-23-34(2,3)4/h17-20,24-25H,5-16,21-23H2,1-4H3. The first-order valence-electron chi connectivity index (χ1n) is 13.7. The van der Waals surface area contributed by atoms with Gasteiger partial charge in [0, 0.05) is 13.6 Å². The molecule has 0 aliphatic rings. The van der Waals surface area contributed by atoms with Gasteiger partial charge >= 0.3 is 0 Å². The second kappa shape index (κ2) is 16.7. The molecule has 5 heteroatoms. The van der Waals surface area contributed by atoms with Crippen LogP contribution < -0.4 is 9.47 Å². The smallest absolute Gasteiger partial charge is 0.159 e. The molecule has 2 aromatic rings. The molecule has 1 aromatic carbocycles. The number of aromatic nitrogens is 2. The van der Waals surface area contributed by atoms with Gasteiger partial charge in [-0.2, -0.15) is 0 Å². The molecule has 2 rings (SSSR count). The summed E-state index contributed by atoms with van der Waals surface area (Å²) in [5, 5.41) is 0. The van der Waals surface area contributed by atoms with Crippen LogP contribution in [0.1, 0.15) is 84.0 Å². The fourth-order valence-electron chi connectivity index (χ4n) is 3.97. The van der Waals surface area contributed by atoms with Gasteiger partial charge in [-0.3, -0.25) is 0 Å². The van der Waals surface area contributed by atoms with Crippen LogP contribution in [0.15, 0.2) is 36.7 Å². The second-order valence-electron chi connectivity index (χ2n) is 10.7. The van der Waals surface area contributed by atoms with Gasteiger partial charge in [0.1, 0.15) is 5.75 Å². The number of unbranched alkanes of at least 4 members (excludes halogenated alkanes) is 10. The Morgan fingerprint density at radius 2 is 1.12 bits per heavy atom. The van der Waals surface area contributed by atoms with Crippen molar-refractivity contribution in [3.05, 3.63) is 36.7 Å². The highest BCUT2D eigenvalue weighted by Crippen LogP contribution is 2.21. The zero-order valence-electron chi connectivity index (χ0n) is 22.3. The van der Waals surface area contributed by atoms with Crippen molar-refractivity contribution >= 4 is 8.07 Å². The third kappa shape index (κ3) is 13.1. The summed E-state index contributed by atoms with van der Waals surface area (Å²) in [5.74, 6) is 2.37. The lowest BCUT2D eigenvalue weighted by atomic mass is 10.1. The first kappa shape index (κ1) is 28.4. The van der Waals surface area contributed by atoms with Crippen molar-refractivity contribution in [3.8, 4) is 22.9 Å². The molecule has 1 heterocycles. The maximum Gasteiger partial charge on any atom is 0.159 e. The molecule has 4 nitrogen and oxygen atoms in total. The third-order valence-electron chi connectivity index (χ3n) is 6.10. The van der Waals surface area contributed by atoms with Crippen LogP contribution in [0.3, 0.4) is 0 Å². The quantitative estimate of drug-likeness (QED) is 0.147. The van der Waals surface area contributed by atoms with Crippen molar-refractivity contribution in [2.24, 2.45) is 0 Å². The molecule has 0 amide bonds. The van der Waals surface area contributed by atoms with Crippen LogP contribution >= 0.6 is 0 Å². The number of ether oxygens (including phenoxy) is 2.